The molecule has 1 amide bonds. The molecule has 130 valence electrons. The number of carbonyl (C=O) groups excluding carboxylic acids is 1. The molecule has 2 aromatic carbocycles. The summed E-state index contributed by atoms with van der Waals surface area (Å²) in [6, 6.07) is 17.1. The Hall–Kier alpha value is -3.12. The van der Waals surface area contributed by atoms with Crippen LogP contribution in [0.4, 0.5) is 0 Å². The third-order valence-electron chi connectivity index (χ3n) is 4.20. The Kier molecular flexibility index (Phi) is 4.41. The maximum Gasteiger partial charge on any atom is 0.420 e. The molecule has 0 saturated heterocycles. The predicted octanol–water partition coefficient (Wildman–Crippen LogP) is 3.64. The predicted molar refractivity (Wildman–Crippen MR) is 102 cm³/mol. The molecular weight excluding hydrogens is 348 g/mol. The van der Waals surface area contributed by atoms with Crippen LogP contribution in [-0.4, -0.2) is 10.5 Å². The standard InChI is InChI=1S/C20H16N2O3S/c23-19(12-22-17-7-3-4-8-18(17)25-20(22)24)21-11-14-5-1-2-6-16(14)15-9-10-26-13-15/h1-10,13H,11-12H2,(H,21,23). The van der Waals surface area contributed by atoms with Gasteiger partial charge in [0.1, 0.15) is 6.54 Å². The first-order valence-electron chi connectivity index (χ1n) is 8.18. The molecule has 6 heteroatoms. The summed E-state index contributed by atoms with van der Waals surface area (Å²) in [6.07, 6.45) is 0. The highest BCUT2D eigenvalue weighted by Crippen LogP contribution is 2.25. The SMILES string of the molecule is O=C(Cn1c(=O)oc2ccccc21)NCc1ccccc1-c1ccsc1. The molecule has 0 spiro atoms. The largest absolute Gasteiger partial charge is 0.420 e. The van der Waals surface area contributed by atoms with Gasteiger partial charge in [-0.3, -0.25) is 9.36 Å². The summed E-state index contributed by atoms with van der Waals surface area (Å²) in [6.45, 7) is 0.325. The number of oxazole rings is 1. The number of hydrogen-bond acceptors (Lipinski definition) is 4. The van der Waals surface area contributed by atoms with E-state index in [1.165, 1.54) is 4.57 Å². The van der Waals surface area contributed by atoms with Crippen LogP contribution in [-0.2, 0) is 17.9 Å². The van der Waals surface area contributed by atoms with E-state index in [0.717, 1.165) is 16.7 Å². The van der Waals surface area contributed by atoms with Gasteiger partial charge in [0.25, 0.3) is 0 Å². The molecule has 0 aliphatic heterocycles. The second-order valence-electron chi connectivity index (χ2n) is 5.87. The summed E-state index contributed by atoms with van der Waals surface area (Å²) in [7, 11) is 0. The summed E-state index contributed by atoms with van der Waals surface area (Å²) in [4.78, 5) is 24.3. The Balaban J connectivity index is 1.50. The Labute approximate surface area is 153 Å². The summed E-state index contributed by atoms with van der Waals surface area (Å²) >= 11 is 1.64. The minimum Gasteiger partial charge on any atom is -0.408 e. The fraction of sp³-hybridized carbons (Fsp3) is 0.100. The molecule has 0 saturated carbocycles. The van der Waals surface area contributed by atoms with E-state index in [2.05, 4.69) is 16.8 Å². The molecule has 5 nitrogen and oxygen atoms in total. The van der Waals surface area contributed by atoms with Crippen molar-refractivity contribution < 1.29 is 9.21 Å². The Morgan fingerprint density at radius 1 is 1.08 bits per heavy atom. The Bertz CT molecular complexity index is 1110. The van der Waals surface area contributed by atoms with Gasteiger partial charge in [-0.1, -0.05) is 36.4 Å². The zero-order chi connectivity index (χ0) is 17.9. The van der Waals surface area contributed by atoms with Gasteiger partial charge < -0.3 is 9.73 Å². The number of carbonyl (C=O) groups is 1. The van der Waals surface area contributed by atoms with E-state index in [1.807, 2.05) is 35.7 Å². The molecule has 0 aliphatic carbocycles. The zero-order valence-corrected chi connectivity index (χ0v) is 14.7. The van der Waals surface area contributed by atoms with Crippen molar-refractivity contribution in [3.8, 4) is 11.1 Å². The van der Waals surface area contributed by atoms with E-state index in [4.69, 9.17) is 4.42 Å². The lowest BCUT2D eigenvalue weighted by atomic mass is 10.0. The Morgan fingerprint density at radius 3 is 2.73 bits per heavy atom. The average Bonchev–Trinajstić information content (AvgIpc) is 3.29. The molecule has 2 aromatic heterocycles. The van der Waals surface area contributed by atoms with E-state index >= 15 is 0 Å². The van der Waals surface area contributed by atoms with Gasteiger partial charge in [0.05, 0.1) is 5.52 Å². The highest BCUT2D eigenvalue weighted by atomic mass is 32.1. The van der Waals surface area contributed by atoms with Crippen LogP contribution in [0, 0.1) is 0 Å². The van der Waals surface area contributed by atoms with Crippen LogP contribution in [0.1, 0.15) is 5.56 Å². The van der Waals surface area contributed by atoms with Gasteiger partial charge in [-0.15, -0.1) is 0 Å². The molecule has 1 N–H and O–H groups in total. The first-order valence-corrected chi connectivity index (χ1v) is 9.12. The summed E-state index contributed by atoms with van der Waals surface area (Å²) in [5.41, 5.74) is 4.36. The number of nitrogens with one attached hydrogen (secondary N) is 1. The number of para-hydroxylation sites is 2. The monoisotopic (exact) mass is 364 g/mol. The van der Waals surface area contributed by atoms with Gasteiger partial charge >= 0.3 is 5.76 Å². The number of nitrogens with zero attached hydrogens (tertiary/aromatic N) is 1. The van der Waals surface area contributed by atoms with Gasteiger partial charge in [0.2, 0.25) is 5.91 Å². The van der Waals surface area contributed by atoms with E-state index in [-0.39, 0.29) is 12.5 Å². The van der Waals surface area contributed by atoms with Crippen LogP contribution in [0.3, 0.4) is 0 Å². The second-order valence-corrected chi connectivity index (χ2v) is 6.65. The number of aromatic nitrogens is 1. The Morgan fingerprint density at radius 2 is 1.88 bits per heavy atom. The van der Waals surface area contributed by atoms with Crippen molar-refractivity contribution >= 4 is 28.3 Å². The van der Waals surface area contributed by atoms with Gasteiger partial charge in [0, 0.05) is 6.54 Å². The number of fused-ring (bicyclic) bond motifs is 1. The summed E-state index contributed by atoms with van der Waals surface area (Å²) < 4.78 is 6.50. The molecule has 2 heterocycles. The fourth-order valence-electron chi connectivity index (χ4n) is 2.93. The molecular formula is C20H16N2O3S. The third-order valence-corrected chi connectivity index (χ3v) is 4.88. The first-order chi connectivity index (χ1) is 12.7. The van der Waals surface area contributed by atoms with E-state index in [0.29, 0.717) is 17.6 Å². The lowest BCUT2D eigenvalue weighted by Gasteiger charge is -2.10. The minimum absolute atomic E-state index is 0.0730. The molecule has 4 aromatic rings. The molecule has 0 fully saturated rings. The zero-order valence-electron chi connectivity index (χ0n) is 13.8. The lowest BCUT2D eigenvalue weighted by Crippen LogP contribution is -2.30. The second kappa shape index (κ2) is 7.01. The molecule has 0 unspecified atom stereocenters. The normalized spacial score (nSPS) is 10.9. The van der Waals surface area contributed by atoms with E-state index in [9.17, 15) is 9.59 Å². The number of hydrogen-bond donors (Lipinski definition) is 1. The topological polar surface area (TPSA) is 64.2 Å². The van der Waals surface area contributed by atoms with Gasteiger partial charge in [-0.05, 0) is 45.6 Å². The molecule has 0 radical (unpaired) electrons. The van der Waals surface area contributed by atoms with Crippen molar-refractivity contribution in [2.75, 3.05) is 0 Å². The summed E-state index contributed by atoms with van der Waals surface area (Å²) in [5, 5.41) is 7.00. The van der Waals surface area contributed by atoms with Gasteiger partial charge in [-0.2, -0.15) is 11.3 Å². The number of rotatable bonds is 5. The van der Waals surface area contributed by atoms with Crippen LogP contribution in [0.15, 0.2) is 74.6 Å². The number of benzene rings is 2. The highest BCUT2D eigenvalue weighted by Gasteiger charge is 2.13. The van der Waals surface area contributed by atoms with Crippen molar-refractivity contribution in [2.24, 2.45) is 0 Å². The summed E-state index contributed by atoms with van der Waals surface area (Å²) in [5.74, 6) is -0.765. The van der Waals surface area contributed by atoms with Gasteiger partial charge in [-0.25, -0.2) is 4.79 Å². The van der Waals surface area contributed by atoms with Crippen molar-refractivity contribution in [1.82, 2.24) is 9.88 Å². The molecule has 0 aliphatic rings. The van der Waals surface area contributed by atoms with Crippen molar-refractivity contribution in [2.45, 2.75) is 13.1 Å². The van der Waals surface area contributed by atoms with Crippen LogP contribution < -0.4 is 11.1 Å². The molecule has 4 rings (SSSR count). The van der Waals surface area contributed by atoms with E-state index < -0.39 is 5.76 Å². The van der Waals surface area contributed by atoms with Crippen molar-refractivity contribution in [3.05, 3.63) is 81.5 Å². The van der Waals surface area contributed by atoms with Gasteiger partial charge in [0.15, 0.2) is 5.58 Å². The number of amides is 1. The van der Waals surface area contributed by atoms with Crippen molar-refractivity contribution in [1.29, 1.82) is 0 Å². The maximum atomic E-state index is 12.4. The smallest absolute Gasteiger partial charge is 0.408 e. The molecule has 26 heavy (non-hydrogen) atoms. The maximum absolute atomic E-state index is 12.4. The quantitative estimate of drug-likeness (QED) is 0.588. The lowest BCUT2D eigenvalue weighted by molar-refractivity contribution is -0.121. The fourth-order valence-corrected chi connectivity index (χ4v) is 3.59. The van der Waals surface area contributed by atoms with Crippen LogP contribution >= 0.6 is 11.3 Å². The van der Waals surface area contributed by atoms with E-state index in [1.54, 1.807) is 29.5 Å². The van der Waals surface area contributed by atoms with Crippen molar-refractivity contribution in [3.63, 3.8) is 0 Å². The van der Waals surface area contributed by atoms with Crippen LogP contribution in [0.25, 0.3) is 22.2 Å². The average molecular weight is 364 g/mol. The number of thiophene rings is 1. The highest BCUT2D eigenvalue weighted by molar-refractivity contribution is 7.08. The van der Waals surface area contributed by atoms with Crippen LogP contribution in [0.5, 0.6) is 0 Å². The molecule has 0 atom stereocenters. The van der Waals surface area contributed by atoms with Crippen LogP contribution in [0.2, 0.25) is 0 Å². The first kappa shape index (κ1) is 16.4. The molecule has 0 bridgehead atoms. The third kappa shape index (κ3) is 3.19. The minimum atomic E-state index is -0.528.